The molecule has 1 amide bonds. The standard InChI is InChI=1S/C21H24F2N6O/c1-4-28(5-2)20(30)12-24-17-6-14(3)7-18(11-17)26-21-25-13-29(27-21)19-9-15(22)8-16(23)10-19/h6-11,13,24H,4-5,12H2,1-3H3,(H,26,27). The first-order valence-electron chi connectivity index (χ1n) is 9.66. The van der Waals surface area contributed by atoms with Crippen molar-refractivity contribution in [3.05, 3.63) is 59.9 Å². The Hall–Kier alpha value is -3.49. The molecule has 0 aliphatic rings. The fourth-order valence-corrected chi connectivity index (χ4v) is 3.07. The summed E-state index contributed by atoms with van der Waals surface area (Å²) in [4.78, 5) is 18.1. The van der Waals surface area contributed by atoms with Crippen molar-refractivity contribution < 1.29 is 13.6 Å². The molecule has 0 aliphatic carbocycles. The highest BCUT2D eigenvalue weighted by Crippen LogP contribution is 2.21. The number of rotatable bonds is 8. The largest absolute Gasteiger partial charge is 0.376 e. The third-order valence-corrected chi connectivity index (χ3v) is 4.50. The molecule has 1 aromatic heterocycles. The number of nitrogens with one attached hydrogen (secondary N) is 2. The average molecular weight is 414 g/mol. The summed E-state index contributed by atoms with van der Waals surface area (Å²) in [7, 11) is 0. The second-order valence-electron chi connectivity index (χ2n) is 6.77. The lowest BCUT2D eigenvalue weighted by molar-refractivity contribution is -0.128. The van der Waals surface area contributed by atoms with Gasteiger partial charge >= 0.3 is 0 Å². The van der Waals surface area contributed by atoms with Crippen molar-refractivity contribution in [3.63, 3.8) is 0 Å². The number of benzene rings is 2. The van der Waals surface area contributed by atoms with Crippen LogP contribution in [0.2, 0.25) is 0 Å². The van der Waals surface area contributed by atoms with Gasteiger partial charge in [-0.2, -0.15) is 4.98 Å². The summed E-state index contributed by atoms with van der Waals surface area (Å²) in [5, 5.41) is 10.4. The van der Waals surface area contributed by atoms with Crippen LogP contribution in [0.5, 0.6) is 0 Å². The molecule has 2 aromatic carbocycles. The molecule has 0 fully saturated rings. The van der Waals surface area contributed by atoms with Gasteiger partial charge in [-0.15, -0.1) is 5.10 Å². The maximum atomic E-state index is 13.4. The predicted octanol–water partition coefficient (Wildman–Crippen LogP) is 3.88. The van der Waals surface area contributed by atoms with Crippen molar-refractivity contribution in [1.29, 1.82) is 0 Å². The van der Waals surface area contributed by atoms with Gasteiger partial charge in [-0.05, 0) is 56.7 Å². The van der Waals surface area contributed by atoms with Crippen LogP contribution in [0.1, 0.15) is 19.4 Å². The van der Waals surface area contributed by atoms with Crippen LogP contribution in [-0.2, 0) is 4.79 Å². The first kappa shape index (κ1) is 21.2. The Bertz CT molecular complexity index is 1010. The smallest absolute Gasteiger partial charge is 0.246 e. The molecule has 0 bridgehead atoms. The summed E-state index contributed by atoms with van der Waals surface area (Å²) >= 11 is 0. The highest BCUT2D eigenvalue weighted by atomic mass is 19.1. The van der Waals surface area contributed by atoms with E-state index in [1.807, 2.05) is 39.0 Å². The molecule has 0 unspecified atom stereocenters. The van der Waals surface area contributed by atoms with E-state index in [0.29, 0.717) is 13.1 Å². The van der Waals surface area contributed by atoms with Gasteiger partial charge in [0.1, 0.15) is 18.0 Å². The first-order chi connectivity index (χ1) is 14.4. The lowest BCUT2D eigenvalue weighted by Gasteiger charge is -2.19. The zero-order chi connectivity index (χ0) is 21.7. The summed E-state index contributed by atoms with van der Waals surface area (Å²) in [6.07, 6.45) is 1.37. The van der Waals surface area contributed by atoms with Gasteiger partial charge in [0.15, 0.2) is 0 Å². The van der Waals surface area contributed by atoms with Gasteiger partial charge in [-0.3, -0.25) is 4.79 Å². The van der Waals surface area contributed by atoms with Gasteiger partial charge < -0.3 is 15.5 Å². The van der Waals surface area contributed by atoms with Crippen molar-refractivity contribution in [2.24, 2.45) is 0 Å². The van der Waals surface area contributed by atoms with Crippen molar-refractivity contribution >= 4 is 23.2 Å². The number of hydrogen-bond acceptors (Lipinski definition) is 5. The van der Waals surface area contributed by atoms with E-state index in [1.54, 1.807) is 4.90 Å². The monoisotopic (exact) mass is 414 g/mol. The van der Waals surface area contributed by atoms with Crippen LogP contribution in [0.3, 0.4) is 0 Å². The van der Waals surface area contributed by atoms with Crippen LogP contribution in [-0.4, -0.2) is 45.2 Å². The fraction of sp³-hybridized carbons (Fsp3) is 0.286. The highest BCUT2D eigenvalue weighted by molar-refractivity contribution is 5.81. The Kier molecular flexibility index (Phi) is 6.61. The van der Waals surface area contributed by atoms with Crippen LogP contribution >= 0.6 is 0 Å². The summed E-state index contributed by atoms with van der Waals surface area (Å²) in [5.41, 5.74) is 2.71. The Morgan fingerprint density at radius 3 is 2.37 bits per heavy atom. The number of anilines is 3. The minimum atomic E-state index is -0.691. The summed E-state index contributed by atoms with van der Waals surface area (Å²) in [6.45, 7) is 7.36. The predicted molar refractivity (Wildman–Crippen MR) is 112 cm³/mol. The van der Waals surface area contributed by atoms with E-state index < -0.39 is 11.6 Å². The van der Waals surface area contributed by atoms with Crippen molar-refractivity contribution in [3.8, 4) is 5.69 Å². The lowest BCUT2D eigenvalue weighted by Crippen LogP contribution is -2.35. The quantitative estimate of drug-likeness (QED) is 0.585. The molecule has 1 heterocycles. The van der Waals surface area contributed by atoms with Gasteiger partial charge in [-0.1, -0.05) is 0 Å². The van der Waals surface area contributed by atoms with Crippen LogP contribution in [0, 0.1) is 18.6 Å². The van der Waals surface area contributed by atoms with Gasteiger partial charge in [0.05, 0.1) is 12.2 Å². The Morgan fingerprint density at radius 2 is 1.70 bits per heavy atom. The van der Waals surface area contributed by atoms with Crippen LogP contribution in [0.15, 0.2) is 42.7 Å². The van der Waals surface area contributed by atoms with Crippen molar-refractivity contribution in [2.45, 2.75) is 20.8 Å². The molecule has 0 aliphatic heterocycles. The van der Waals surface area contributed by atoms with E-state index in [4.69, 9.17) is 0 Å². The van der Waals surface area contributed by atoms with Crippen molar-refractivity contribution in [1.82, 2.24) is 19.7 Å². The zero-order valence-electron chi connectivity index (χ0n) is 17.1. The maximum Gasteiger partial charge on any atom is 0.246 e. The molecule has 158 valence electrons. The molecule has 2 N–H and O–H groups in total. The number of carbonyl (C=O) groups excluding carboxylic acids is 1. The number of halogens is 2. The Balaban J connectivity index is 1.71. The maximum absolute atomic E-state index is 13.4. The van der Waals surface area contributed by atoms with Crippen molar-refractivity contribution in [2.75, 3.05) is 30.3 Å². The first-order valence-corrected chi connectivity index (χ1v) is 9.66. The van der Waals surface area contributed by atoms with E-state index in [1.165, 1.54) is 23.1 Å². The second kappa shape index (κ2) is 9.34. The van der Waals surface area contributed by atoms with E-state index in [9.17, 15) is 13.6 Å². The number of carbonyl (C=O) groups is 1. The second-order valence-corrected chi connectivity index (χ2v) is 6.77. The molecule has 0 radical (unpaired) electrons. The molecule has 9 heteroatoms. The fourth-order valence-electron chi connectivity index (χ4n) is 3.07. The zero-order valence-corrected chi connectivity index (χ0v) is 17.1. The number of aromatic nitrogens is 3. The molecule has 30 heavy (non-hydrogen) atoms. The molecule has 0 saturated carbocycles. The SMILES string of the molecule is CCN(CC)C(=O)CNc1cc(C)cc(Nc2ncn(-c3cc(F)cc(F)c3)n2)c1. The van der Waals surface area contributed by atoms with E-state index in [-0.39, 0.29) is 24.1 Å². The average Bonchev–Trinajstić information content (AvgIpc) is 3.15. The molecular weight excluding hydrogens is 390 g/mol. The molecule has 0 saturated heterocycles. The minimum absolute atomic E-state index is 0.0266. The van der Waals surface area contributed by atoms with Crippen LogP contribution in [0.4, 0.5) is 26.1 Å². The van der Waals surface area contributed by atoms with E-state index >= 15 is 0 Å². The molecular formula is C21H24F2N6O. The lowest BCUT2D eigenvalue weighted by atomic mass is 10.2. The summed E-state index contributed by atoms with van der Waals surface area (Å²) in [5.74, 6) is -1.08. The third-order valence-electron chi connectivity index (χ3n) is 4.50. The topological polar surface area (TPSA) is 75.1 Å². The Morgan fingerprint density at radius 1 is 1.03 bits per heavy atom. The number of hydrogen-bond donors (Lipinski definition) is 2. The number of nitrogens with zero attached hydrogens (tertiary/aromatic N) is 4. The molecule has 0 spiro atoms. The normalized spacial score (nSPS) is 10.7. The van der Waals surface area contributed by atoms with E-state index in [2.05, 4.69) is 20.7 Å². The summed E-state index contributed by atoms with van der Waals surface area (Å²) in [6, 6.07) is 8.81. The van der Waals surface area contributed by atoms with Gasteiger partial charge in [-0.25, -0.2) is 13.5 Å². The number of likely N-dealkylation sites (N-methyl/N-ethyl adjacent to an activating group) is 1. The number of amides is 1. The minimum Gasteiger partial charge on any atom is -0.376 e. The van der Waals surface area contributed by atoms with Gasteiger partial charge in [0.2, 0.25) is 11.9 Å². The highest BCUT2D eigenvalue weighted by Gasteiger charge is 2.10. The molecule has 3 rings (SSSR count). The molecule has 0 atom stereocenters. The van der Waals surface area contributed by atoms with E-state index in [0.717, 1.165) is 23.0 Å². The van der Waals surface area contributed by atoms with Crippen LogP contribution in [0.25, 0.3) is 5.69 Å². The molecule has 7 nitrogen and oxygen atoms in total. The summed E-state index contributed by atoms with van der Waals surface area (Å²) < 4.78 is 28.1. The van der Waals surface area contributed by atoms with Gasteiger partial charge in [0, 0.05) is 30.5 Å². The van der Waals surface area contributed by atoms with Crippen LogP contribution < -0.4 is 10.6 Å². The molecule has 3 aromatic rings. The number of aryl methyl sites for hydroxylation is 1. The Labute approximate surface area is 173 Å². The third kappa shape index (κ3) is 5.31. The van der Waals surface area contributed by atoms with Gasteiger partial charge in [0.25, 0.3) is 0 Å².